The first-order chi connectivity index (χ1) is 40.5. The molecule has 0 unspecified atom stereocenters. The molecule has 9 nitrogen and oxygen atoms in total. The summed E-state index contributed by atoms with van der Waals surface area (Å²) in [5, 5.41) is 7.43. The van der Waals surface area contributed by atoms with E-state index in [9.17, 15) is 0 Å². The zero-order valence-corrected chi connectivity index (χ0v) is 47.1. The van der Waals surface area contributed by atoms with Crippen molar-refractivity contribution in [2.24, 2.45) is 0 Å². The van der Waals surface area contributed by atoms with E-state index in [4.69, 9.17) is 34.8 Å². The zero-order valence-electron chi connectivity index (χ0n) is 44.7. The molecule has 0 saturated carbocycles. The Morgan fingerprint density at radius 3 is 1.12 bits per heavy atom. The third kappa shape index (κ3) is 9.12. The maximum Gasteiger partial charge on any atom is 0.184 e. The van der Waals surface area contributed by atoms with Crippen molar-refractivity contribution < 1.29 is 28.4 Å². The smallest absolute Gasteiger partial charge is 0.184 e. The summed E-state index contributed by atoms with van der Waals surface area (Å²) in [5.74, 6) is 2.66. The van der Waals surface area contributed by atoms with E-state index in [0.29, 0.717) is 39.6 Å². The molecule has 15 rings (SSSR count). The van der Waals surface area contributed by atoms with Crippen LogP contribution in [0.2, 0.25) is 0 Å². The van der Waals surface area contributed by atoms with Crippen molar-refractivity contribution >= 4 is 140 Å². The van der Waals surface area contributed by atoms with Gasteiger partial charge in [0.05, 0.1) is 39.6 Å². The number of rotatable bonds is 13. The molecular weight excluding hydrogens is 1070 g/mol. The van der Waals surface area contributed by atoms with Crippen molar-refractivity contribution in [1.82, 2.24) is 0 Å². The summed E-state index contributed by atoms with van der Waals surface area (Å²) in [6, 6.07) is 67.9. The molecule has 12 aromatic rings. The second-order valence-corrected chi connectivity index (χ2v) is 23.6. The molecule has 0 radical (unpaired) electrons. The van der Waals surface area contributed by atoms with E-state index >= 15 is 0 Å². The minimum absolute atomic E-state index is 0.354. The first-order valence-electron chi connectivity index (χ1n) is 27.5. The molecule has 82 heavy (non-hydrogen) atoms. The number of terminal acetylenes is 1. The SMILES string of the molecule is C#CC=CC=C(C)N(c1ccc(C2OCCO2)cc1)c1ccc2sc3c(c2c1)c1sc2ccc(N(c4ccccc4)c4ccc(C5OCCO5)cc4)cc2c1c1sc2ccc(N(c4ccccc4)c4ccc(C5OCCO5)cc4)cc2c31. The van der Waals surface area contributed by atoms with Crippen LogP contribution in [-0.4, -0.2) is 39.6 Å². The predicted molar refractivity (Wildman–Crippen MR) is 339 cm³/mol. The summed E-state index contributed by atoms with van der Waals surface area (Å²) in [5.41, 5.74) is 12.4. The Hall–Kier alpha value is -8.16. The quantitative estimate of drug-likeness (QED) is 0.0830. The summed E-state index contributed by atoms with van der Waals surface area (Å²) in [4.78, 5) is 7.01. The normalized spacial score (nSPS) is 15.6. The van der Waals surface area contributed by atoms with Gasteiger partial charge in [0.15, 0.2) is 18.9 Å². The van der Waals surface area contributed by atoms with Crippen LogP contribution in [0.5, 0.6) is 0 Å². The van der Waals surface area contributed by atoms with E-state index in [1.165, 1.54) is 60.5 Å². The van der Waals surface area contributed by atoms with Gasteiger partial charge in [-0.15, -0.1) is 40.4 Å². The first-order valence-corrected chi connectivity index (χ1v) is 30.0. The fourth-order valence-electron chi connectivity index (χ4n) is 11.8. The Balaban J connectivity index is 0.960. The minimum atomic E-state index is -0.368. The van der Waals surface area contributed by atoms with Crippen LogP contribution >= 0.6 is 34.0 Å². The number of hydrogen-bond donors (Lipinski definition) is 0. The fourth-order valence-corrected chi connectivity index (χ4v) is 15.8. The van der Waals surface area contributed by atoms with Crippen LogP contribution in [0.3, 0.4) is 0 Å². The molecule has 3 aliphatic heterocycles. The van der Waals surface area contributed by atoms with Gasteiger partial charge < -0.3 is 43.1 Å². The largest absolute Gasteiger partial charge is 0.346 e. The highest BCUT2D eigenvalue weighted by Crippen LogP contribution is 2.55. The van der Waals surface area contributed by atoms with Gasteiger partial charge in [0, 0.05) is 128 Å². The summed E-state index contributed by atoms with van der Waals surface area (Å²) in [7, 11) is 0. The lowest BCUT2D eigenvalue weighted by atomic mass is 10.0. The van der Waals surface area contributed by atoms with E-state index in [-0.39, 0.29) is 18.9 Å². The third-order valence-electron chi connectivity index (χ3n) is 15.5. The number of nitrogens with zero attached hydrogens (tertiary/aromatic N) is 3. The minimum Gasteiger partial charge on any atom is -0.346 e. The Kier molecular flexibility index (Phi) is 13.4. The highest BCUT2D eigenvalue weighted by Gasteiger charge is 2.27. The average Bonchev–Trinajstić information content (AvgIpc) is 2.89. The number of fused-ring (bicyclic) bond motifs is 12. The molecule has 6 heterocycles. The topological polar surface area (TPSA) is 65.1 Å². The molecule has 3 aromatic heterocycles. The monoisotopic (exact) mass is 1130 g/mol. The van der Waals surface area contributed by atoms with Gasteiger partial charge in [-0.3, -0.25) is 0 Å². The molecule has 0 amide bonds. The fraction of sp³-hybridized carbons (Fsp3) is 0.143. The van der Waals surface area contributed by atoms with Crippen LogP contribution in [0, 0.1) is 12.3 Å². The molecule has 3 fully saturated rings. The maximum absolute atomic E-state index is 5.90. The molecule has 0 bridgehead atoms. The molecule has 3 saturated heterocycles. The van der Waals surface area contributed by atoms with Gasteiger partial charge in [-0.1, -0.05) is 84.8 Å². The molecule has 0 atom stereocenters. The third-order valence-corrected chi connectivity index (χ3v) is 19.1. The van der Waals surface area contributed by atoms with Gasteiger partial charge in [0.2, 0.25) is 0 Å². The summed E-state index contributed by atoms with van der Waals surface area (Å²) in [6.45, 7) is 5.67. The van der Waals surface area contributed by atoms with Crippen LogP contribution in [-0.2, 0) is 28.4 Å². The molecule has 0 spiro atoms. The van der Waals surface area contributed by atoms with Crippen LogP contribution in [0.15, 0.2) is 212 Å². The number of thiophene rings is 3. The Morgan fingerprint density at radius 1 is 0.415 bits per heavy atom. The number of para-hydroxylation sites is 2. The average molecular weight is 1130 g/mol. The summed E-state index contributed by atoms with van der Waals surface area (Å²) < 4.78 is 42.9. The van der Waals surface area contributed by atoms with Crippen molar-refractivity contribution in [1.29, 1.82) is 0 Å². The maximum atomic E-state index is 5.90. The molecule has 3 aliphatic rings. The van der Waals surface area contributed by atoms with E-state index < -0.39 is 0 Å². The number of hydrogen-bond acceptors (Lipinski definition) is 12. The summed E-state index contributed by atoms with van der Waals surface area (Å²) in [6.07, 6.45) is 10.4. The van der Waals surface area contributed by atoms with Gasteiger partial charge in [0.25, 0.3) is 0 Å². The lowest BCUT2D eigenvalue weighted by Gasteiger charge is -2.26. The van der Waals surface area contributed by atoms with Gasteiger partial charge in [0.1, 0.15) is 0 Å². The second kappa shape index (κ2) is 21.6. The van der Waals surface area contributed by atoms with Gasteiger partial charge >= 0.3 is 0 Å². The standard InChI is InChI=1S/C70H53N3O6S3/c1-3-4-7-12-44(2)71(50-23-17-45(18-24-50)68-74-35-36-75-68)53-29-32-59-56(41-53)62-65(80-59)63-58-43-55(73(49-15-10-6-11-16-49)52-27-21-47(22-28-52)70-78-39-40-79-70)31-34-61(58)82-67(63)64-57-42-54(30-33-60(57)81-66(62)64)72(48-13-8-5-9-14-48)51-25-19-46(20-26-51)69-76-37-38-77-69/h1,4-34,41-43,68-70H,35-40H2,2H3. The number of allylic oxidation sites excluding steroid dienone is 4. The van der Waals surface area contributed by atoms with Crippen molar-refractivity contribution in [2.75, 3.05) is 54.3 Å². The van der Waals surface area contributed by atoms with Crippen LogP contribution in [0.1, 0.15) is 42.5 Å². The number of benzene rings is 9. The first kappa shape index (κ1) is 50.8. The van der Waals surface area contributed by atoms with E-state index in [1.54, 1.807) is 6.08 Å². The molecular formula is C70H53N3O6S3. The van der Waals surface area contributed by atoms with Crippen LogP contribution in [0.25, 0.3) is 60.5 Å². The van der Waals surface area contributed by atoms with Crippen LogP contribution in [0.4, 0.5) is 45.5 Å². The van der Waals surface area contributed by atoms with Crippen molar-refractivity contribution in [3.05, 3.63) is 229 Å². The van der Waals surface area contributed by atoms with Gasteiger partial charge in [-0.2, -0.15) is 0 Å². The molecule has 0 aliphatic carbocycles. The molecule has 0 N–H and O–H groups in total. The number of anilines is 8. The summed E-state index contributed by atoms with van der Waals surface area (Å²) >= 11 is 5.66. The Bertz CT molecular complexity index is 4310. The predicted octanol–water partition coefficient (Wildman–Crippen LogP) is 19.1. The van der Waals surface area contributed by atoms with Gasteiger partial charge in [-0.25, -0.2) is 0 Å². The Morgan fingerprint density at radius 2 is 0.744 bits per heavy atom. The molecule has 12 heteroatoms. The highest BCUT2D eigenvalue weighted by atomic mass is 32.1. The lowest BCUT2D eigenvalue weighted by molar-refractivity contribution is -0.0443. The van der Waals surface area contributed by atoms with E-state index in [0.717, 1.165) is 67.9 Å². The van der Waals surface area contributed by atoms with Crippen molar-refractivity contribution in [3.63, 3.8) is 0 Å². The van der Waals surface area contributed by atoms with Gasteiger partial charge in [-0.05, 0) is 134 Å². The Labute approximate surface area is 486 Å². The molecule has 402 valence electrons. The van der Waals surface area contributed by atoms with Crippen molar-refractivity contribution in [3.8, 4) is 12.3 Å². The highest BCUT2D eigenvalue weighted by molar-refractivity contribution is 7.34. The second-order valence-electron chi connectivity index (χ2n) is 20.5. The van der Waals surface area contributed by atoms with E-state index in [1.807, 2.05) is 40.1 Å². The number of ether oxygens (including phenoxy) is 6. The lowest BCUT2D eigenvalue weighted by Crippen LogP contribution is -2.14. The molecule has 9 aromatic carbocycles. The zero-order chi connectivity index (χ0) is 54.7. The van der Waals surface area contributed by atoms with E-state index in [2.05, 4.69) is 222 Å². The van der Waals surface area contributed by atoms with Crippen molar-refractivity contribution in [2.45, 2.75) is 25.8 Å². The van der Waals surface area contributed by atoms with Crippen LogP contribution < -0.4 is 14.7 Å².